The smallest absolute Gasteiger partial charge is 0.237 e. The van der Waals surface area contributed by atoms with Crippen LogP contribution in [-0.4, -0.2) is 23.2 Å². The third-order valence-corrected chi connectivity index (χ3v) is 3.33. The van der Waals surface area contributed by atoms with E-state index in [1.165, 1.54) is 17.1 Å². The van der Waals surface area contributed by atoms with Crippen molar-refractivity contribution in [3.63, 3.8) is 0 Å². The van der Waals surface area contributed by atoms with Gasteiger partial charge in [0.15, 0.2) is 5.82 Å². The van der Waals surface area contributed by atoms with E-state index in [0.717, 1.165) is 6.20 Å². The minimum atomic E-state index is -3.77. The van der Waals surface area contributed by atoms with E-state index in [2.05, 4.69) is 10.1 Å². The standard InChI is InChI=1S/C8H5Cl2N3O2S/c9-6-1-2-11-8(3-6)13-5-7(4-12-13)16(10,14)15/h1-5H. The molecule has 0 bridgehead atoms. The normalized spacial score (nSPS) is 11.6. The van der Waals surface area contributed by atoms with Gasteiger partial charge in [-0.15, -0.1) is 0 Å². The van der Waals surface area contributed by atoms with Crippen LogP contribution in [0.4, 0.5) is 0 Å². The van der Waals surface area contributed by atoms with Crippen LogP contribution in [0.15, 0.2) is 35.6 Å². The lowest BCUT2D eigenvalue weighted by molar-refractivity contribution is 0.609. The molecule has 0 aromatic carbocycles. The second kappa shape index (κ2) is 4.04. The molecular formula is C8H5Cl2N3O2S. The quantitative estimate of drug-likeness (QED) is 0.786. The number of halogens is 2. The molecule has 2 heterocycles. The van der Waals surface area contributed by atoms with Gasteiger partial charge >= 0.3 is 0 Å². The zero-order chi connectivity index (χ0) is 11.8. The van der Waals surface area contributed by atoms with E-state index >= 15 is 0 Å². The van der Waals surface area contributed by atoms with Gasteiger partial charge in [0.05, 0.1) is 12.4 Å². The molecule has 0 N–H and O–H groups in total. The Morgan fingerprint density at radius 2 is 2.12 bits per heavy atom. The van der Waals surface area contributed by atoms with Crippen molar-refractivity contribution in [1.29, 1.82) is 0 Å². The van der Waals surface area contributed by atoms with Gasteiger partial charge in [0.2, 0.25) is 0 Å². The molecule has 2 rings (SSSR count). The van der Waals surface area contributed by atoms with Crippen molar-refractivity contribution in [2.24, 2.45) is 0 Å². The van der Waals surface area contributed by atoms with Gasteiger partial charge in [0.25, 0.3) is 9.05 Å². The molecule has 2 aromatic heterocycles. The van der Waals surface area contributed by atoms with Gasteiger partial charge in [-0.1, -0.05) is 11.6 Å². The third-order valence-electron chi connectivity index (χ3n) is 1.78. The molecular weight excluding hydrogens is 273 g/mol. The van der Waals surface area contributed by atoms with Crippen LogP contribution in [0.1, 0.15) is 0 Å². The summed E-state index contributed by atoms with van der Waals surface area (Å²) < 4.78 is 23.3. The number of rotatable bonds is 2. The second-order valence-electron chi connectivity index (χ2n) is 2.89. The number of hydrogen-bond acceptors (Lipinski definition) is 4. The summed E-state index contributed by atoms with van der Waals surface area (Å²) in [5.74, 6) is 0.416. The van der Waals surface area contributed by atoms with Gasteiger partial charge in [-0.3, -0.25) is 0 Å². The lowest BCUT2D eigenvalue weighted by Crippen LogP contribution is -1.97. The van der Waals surface area contributed by atoms with Crippen molar-refractivity contribution in [3.05, 3.63) is 35.7 Å². The zero-order valence-electron chi connectivity index (χ0n) is 7.71. The Balaban J connectivity index is 2.47. The summed E-state index contributed by atoms with van der Waals surface area (Å²) in [7, 11) is 1.39. The molecule has 8 heteroatoms. The molecule has 0 unspecified atom stereocenters. The molecule has 5 nitrogen and oxygen atoms in total. The Kier molecular flexibility index (Phi) is 2.88. The zero-order valence-corrected chi connectivity index (χ0v) is 10.0. The summed E-state index contributed by atoms with van der Waals surface area (Å²) >= 11 is 5.77. The molecule has 2 aromatic rings. The summed E-state index contributed by atoms with van der Waals surface area (Å²) in [6.45, 7) is 0. The lowest BCUT2D eigenvalue weighted by Gasteiger charge is -1.98. The van der Waals surface area contributed by atoms with Crippen molar-refractivity contribution in [1.82, 2.24) is 14.8 Å². The van der Waals surface area contributed by atoms with Crippen molar-refractivity contribution in [2.75, 3.05) is 0 Å². The second-order valence-corrected chi connectivity index (χ2v) is 5.89. The van der Waals surface area contributed by atoms with Crippen LogP contribution >= 0.6 is 22.3 Å². The Labute approximate surface area is 101 Å². The largest absolute Gasteiger partial charge is 0.264 e. The highest BCUT2D eigenvalue weighted by molar-refractivity contribution is 8.13. The molecule has 0 aliphatic carbocycles. The van der Waals surface area contributed by atoms with Gasteiger partial charge in [-0.2, -0.15) is 5.10 Å². The predicted molar refractivity (Wildman–Crippen MR) is 59.4 cm³/mol. The Hall–Kier alpha value is -1.11. The Morgan fingerprint density at radius 3 is 2.69 bits per heavy atom. The average molecular weight is 278 g/mol. The number of pyridine rings is 1. The van der Waals surface area contributed by atoms with Crippen molar-refractivity contribution < 1.29 is 8.42 Å². The summed E-state index contributed by atoms with van der Waals surface area (Å²) in [4.78, 5) is 3.90. The monoisotopic (exact) mass is 277 g/mol. The van der Waals surface area contributed by atoms with Gasteiger partial charge < -0.3 is 0 Å². The van der Waals surface area contributed by atoms with Gasteiger partial charge in [-0.25, -0.2) is 18.1 Å². The molecule has 0 saturated heterocycles. The molecule has 0 aliphatic heterocycles. The van der Waals surface area contributed by atoms with Crippen molar-refractivity contribution in [2.45, 2.75) is 4.90 Å². The molecule has 0 radical (unpaired) electrons. The van der Waals surface area contributed by atoms with Crippen molar-refractivity contribution in [3.8, 4) is 5.82 Å². The molecule has 0 spiro atoms. The van der Waals surface area contributed by atoms with Crippen LogP contribution in [0.2, 0.25) is 5.02 Å². The van der Waals surface area contributed by atoms with Crippen LogP contribution in [0.3, 0.4) is 0 Å². The van der Waals surface area contributed by atoms with E-state index in [4.69, 9.17) is 22.3 Å². The highest BCUT2D eigenvalue weighted by atomic mass is 35.7. The van der Waals surface area contributed by atoms with Gasteiger partial charge in [-0.05, 0) is 6.07 Å². The number of nitrogens with zero attached hydrogens (tertiary/aromatic N) is 3. The van der Waals surface area contributed by atoms with E-state index in [0.29, 0.717) is 10.8 Å². The van der Waals surface area contributed by atoms with Crippen LogP contribution in [-0.2, 0) is 9.05 Å². The van der Waals surface area contributed by atoms with Crippen LogP contribution in [0.5, 0.6) is 0 Å². The summed E-state index contributed by atoms with van der Waals surface area (Å²) in [6.07, 6.45) is 3.90. The number of hydrogen-bond donors (Lipinski definition) is 0. The number of aromatic nitrogens is 3. The first kappa shape index (κ1) is 11.4. The molecule has 0 saturated carbocycles. The van der Waals surface area contributed by atoms with E-state index in [9.17, 15) is 8.42 Å². The first-order chi connectivity index (χ1) is 7.47. The fraction of sp³-hybridized carbons (Fsp3) is 0. The first-order valence-corrected chi connectivity index (χ1v) is 6.77. The SMILES string of the molecule is O=S(=O)(Cl)c1cnn(-c2cc(Cl)ccn2)c1. The molecule has 0 fully saturated rings. The maximum Gasteiger partial charge on any atom is 0.264 e. The fourth-order valence-corrected chi connectivity index (χ4v) is 1.87. The molecule has 84 valence electrons. The average Bonchev–Trinajstić information content (AvgIpc) is 2.65. The summed E-state index contributed by atoms with van der Waals surface area (Å²) in [6, 6.07) is 3.16. The lowest BCUT2D eigenvalue weighted by atomic mass is 10.4. The van der Waals surface area contributed by atoms with E-state index in [1.807, 2.05) is 0 Å². The topological polar surface area (TPSA) is 64.8 Å². The fourth-order valence-electron chi connectivity index (χ4n) is 1.08. The minimum absolute atomic E-state index is 0.0871. The maximum atomic E-state index is 11.0. The Bertz CT molecular complexity index is 624. The van der Waals surface area contributed by atoms with E-state index in [1.54, 1.807) is 12.1 Å². The third kappa shape index (κ3) is 2.34. The highest BCUT2D eigenvalue weighted by Gasteiger charge is 2.13. The molecule has 0 amide bonds. The molecule has 16 heavy (non-hydrogen) atoms. The molecule has 0 atom stereocenters. The van der Waals surface area contributed by atoms with Crippen LogP contribution in [0.25, 0.3) is 5.82 Å². The maximum absolute atomic E-state index is 11.0. The molecule has 0 aliphatic rings. The first-order valence-electron chi connectivity index (χ1n) is 4.08. The summed E-state index contributed by atoms with van der Waals surface area (Å²) in [5, 5.41) is 4.31. The van der Waals surface area contributed by atoms with E-state index in [-0.39, 0.29) is 4.90 Å². The Morgan fingerprint density at radius 1 is 1.38 bits per heavy atom. The van der Waals surface area contributed by atoms with Gasteiger partial charge in [0.1, 0.15) is 4.90 Å². The van der Waals surface area contributed by atoms with Crippen LogP contribution < -0.4 is 0 Å². The van der Waals surface area contributed by atoms with Crippen LogP contribution in [0, 0.1) is 0 Å². The summed E-state index contributed by atoms with van der Waals surface area (Å²) in [5.41, 5.74) is 0. The minimum Gasteiger partial charge on any atom is -0.237 e. The van der Waals surface area contributed by atoms with Gasteiger partial charge in [0, 0.05) is 28.0 Å². The van der Waals surface area contributed by atoms with Crippen molar-refractivity contribution >= 4 is 31.3 Å². The van der Waals surface area contributed by atoms with E-state index < -0.39 is 9.05 Å². The highest BCUT2D eigenvalue weighted by Crippen LogP contribution is 2.16. The predicted octanol–water partition coefficient (Wildman–Crippen LogP) is 1.85.